The van der Waals surface area contributed by atoms with Crippen molar-refractivity contribution < 1.29 is 4.79 Å². The molecular formula is C21H18N4O2S. The maximum atomic E-state index is 12.3. The molecule has 7 heteroatoms. The number of nitrogens with zero attached hydrogens (tertiary/aromatic N) is 2. The first-order valence-electron chi connectivity index (χ1n) is 8.57. The number of thioether (sulfide) groups is 1. The number of aromatic nitrogens is 2. The van der Waals surface area contributed by atoms with E-state index < -0.39 is 5.56 Å². The average molecular weight is 390 g/mol. The number of hydrogen-bond donors (Lipinski definition) is 2. The number of benzene rings is 2. The molecule has 1 amide bonds. The van der Waals surface area contributed by atoms with Gasteiger partial charge in [-0.25, -0.2) is 4.98 Å². The Morgan fingerprint density at radius 1 is 1.11 bits per heavy atom. The van der Waals surface area contributed by atoms with Gasteiger partial charge in [0.1, 0.15) is 11.6 Å². The highest BCUT2D eigenvalue weighted by atomic mass is 32.2. The molecule has 0 fully saturated rings. The summed E-state index contributed by atoms with van der Waals surface area (Å²) in [6.07, 6.45) is 0. The van der Waals surface area contributed by atoms with Crippen LogP contribution in [0.1, 0.15) is 16.7 Å². The van der Waals surface area contributed by atoms with Crippen LogP contribution in [0, 0.1) is 25.2 Å². The predicted octanol–water partition coefficient (Wildman–Crippen LogP) is 3.66. The number of carbonyl (C=O) groups is 1. The van der Waals surface area contributed by atoms with Gasteiger partial charge in [0, 0.05) is 11.3 Å². The molecule has 1 heterocycles. The van der Waals surface area contributed by atoms with E-state index in [9.17, 15) is 14.9 Å². The second-order valence-electron chi connectivity index (χ2n) is 6.28. The van der Waals surface area contributed by atoms with E-state index in [0.29, 0.717) is 22.1 Å². The third-order valence-electron chi connectivity index (χ3n) is 4.01. The molecule has 28 heavy (non-hydrogen) atoms. The molecule has 0 atom stereocenters. The Morgan fingerprint density at radius 2 is 1.71 bits per heavy atom. The molecule has 0 bridgehead atoms. The summed E-state index contributed by atoms with van der Waals surface area (Å²) >= 11 is 1.11. The molecule has 0 saturated carbocycles. The van der Waals surface area contributed by atoms with Crippen LogP contribution in [-0.2, 0) is 4.79 Å². The lowest BCUT2D eigenvalue weighted by Crippen LogP contribution is -2.17. The largest absolute Gasteiger partial charge is 0.325 e. The van der Waals surface area contributed by atoms with Crippen LogP contribution in [0.3, 0.4) is 0 Å². The van der Waals surface area contributed by atoms with E-state index in [1.54, 1.807) is 0 Å². The van der Waals surface area contributed by atoms with Crippen molar-refractivity contribution in [2.45, 2.75) is 19.0 Å². The van der Waals surface area contributed by atoms with Gasteiger partial charge in [0.2, 0.25) is 5.91 Å². The quantitative estimate of drug-likeness (QED) is 0.512. The zero-order valence-electron chi connectivity index (χ0n) is 15.4. The minimum Gasteiger partial charge on any atom is -0.325 e. The summed E-state index contributed by atoms with van der Waals surface area (Å²) in [6, 6.07) is 16.8. The Balaban J connectivity index is 1.78. The summed E-state index contributed by atoms with van der Waals surface area (Å²) in [5.74, 6) is -0.131. The maximum Gasteiger partial charge on any atom is 0.270 e. The molecule has 0 aliphatic rings. The number of aryl methyl sites for hydroxylation is 2. The second-order valence-corrected chi connectivity index (χ2v) is 7.24. The van der Waals surface area contributed by atoms with Gasteiger partial charge in [0.15, 0.2) is 5.16 Å². The highest BCUT2D eigenvalue weighted by Gasteiger charge is 2.14. The van der Waals surface area contributed by atoms with Crippen LogP contribution >= 0.6 is 11.8 Å². The Labute approximate surface area is 166 Å². The van der Waals surface area contributed by atoms with Crippen LogP contribution < -0.4 is 10.9 Å². The third kappa shape index (κ3) is 4.67. The SMILES string of the molecule is Cc1ccc(NC(=O)CSc2nc(-c3ccc(C)cc3)c(C#N)c(=O)[nH]2)cc1. The van der Waals surface area contributed by atoms with Crippen molar-refractivity contribution in [3.05, 3.63) is 75.6 Å². The van der Waals surface area contributed by atoms with Crippen LogP contribution in [0.4, 0.5) is 5.69 Å². The topological polar surface area (TPSA) is 98.6 Å². The van der Waals surface area contributed by atoms with Gasteiger partial charge in [-0.2, -0.15) is 5.26 Å². The van der Waals surface area contributed by atoms with Crippen molar-refractivity contribution in [2.75, 3.05) is 11.1 Å². The molecule has 3 rings (SSSR count). The lowest BCUT2D eigenvalue weighted by atomic mass is 10.1. The predicted molar refractivity (Wildman–Crippen MR) is 110 cm³/mol. The summed E-state index contributed by atoms with van der Waals surface area (Å²) in [6.45, 7) is 3.92. The van der Waals surface area contributed by atoms with E-state index >= 15 is 0 Å². The normalized spacial score (nSPS) is 10.3. The number of amides is 1. The molecule has 6 nitrogen and oxygen atoms in total. The van der Waals surface area contributed by atoms with Crippen molar-refractivity contribution >= 4 is 23.4 Å². The number of aromatic amines is 1. The average Bonchev–Trinajstić information content (AvgIpc) is 2.68. The molecule has 140 valence electrons. The lowest BCUT2D eigenvalue weighted by molar-refractivity contribution is -0.113. The van der Waals surface area contributed by atoms with Gasteiger partial charge >= 0.3 is 0 Å². The van der Waals surface area contributed by atoms with Gasteiger partial charge in [-0.1, -0.05) is 59.3 Å². The fourth-order valence-corrected chi connectivity index (χ4v) is 3.17. The van der Waals surface area contributed by atoms with E-state index in [-0.39, 0.29) is 17.2 Å². The molecule has 0 unspecified atom stereocenters. The first-order valence-corrected chi connectivity index (χ1v) is 9.55. The van der Waals surface area contributed by atoms with Gasteiger partial charge in [-0.3, -0.25) is 9.59 Å². The standard InChI is InChI=1S/C21H18N4O2S/c1-13-3-7-15(8-4-13)19-17(11-22)20(27)25-21(24-19)28-12-18(26)23-16-9-5-14(2)6-10-16/h3-10H,12H2,1-2H3,(H,23,26)(H,24,25,27). The van der Waals surface area contributed by atoms with Crippen LogP contribution in [-0.4, -0.2) is 21.6 Å². The molecule has 0 aliphatic carbocycles. The molecule has 0 spiro atoms. The van der Waals surface area contributed by atoms with E-state index in [0.717, 1.165) is 22.9 Å². The van der Waals surface area contributed by atoms with Gasteiger partial charge in [0.05, 0.1) is 11.4 Å². The highest BCUT2D eigenvalue weighted by Crippen LogP contribution is 2.22. The number of rotatable bonds is 5. The number of H-pyrrole nitrogens is 1. The van der Waals surface area contributed by atoms with E-state index in [4.69, 9.17) is 0 Å². The molecule has 0 radical (unpaired) electrons. The first-order chi connectivity index (χ1) is 13.5. The smallest absolute Gasteiger partial charge is 0.270 e. The Bertz CT molecular complexity index is 1100. The fraction of sp³-hybridized carbons (Fsp3) is 0.143. The van der Waals surface area contributed by atoms with Crippen LogP contribution in [0.5, 0.6) is 0 Å². The summed E-state index contributed by atoms with van der Waals surface area (Å²) in [7, 11) is 0. The van der Waals surface area contributed by atoms with E-state index in [1.165, 1.54) is 0 Å². The molecular weight excluding hydrogens is 372 g/mol. The van der Waals surface area contributed by atoms with Gasteiger partial charge < -0.3 is 10.3 Å². The van der Waals surface area contributed by atoms with Gasteiger partial charge in [-0.15, -0.1) is 0 Å². The number of nitriles is 1. The Morgan fingerprint density at radius 3 is 2.32 bits per heavy atom. The minimum absolute atomic E-state index is 0.0442. The van der Waals surface area contributed by atoms with E-state index in [1.807, 2.05) is 68.4 Å². The van der Waals surface area contributed by atoms with Crippen molar-refractivity contribution in [2.24, 2.45) is 0 Å². The van der Waals surface area contributed by atoms with Crippen molar-refractivity contribution in [1.29, 1.82) is 5.26 Å². The molecule has 2 aromatic carbocycles. The number of carbonyl (C=O) groups excluding carboxylic acids is 1. The minimum atomic E-state index is -0.519. The van der Waals surface area contributed by atoms with Crippen molar-refractivity contribution in [1.82, 2.24) is 9.97 Å². The first kappa shape index (κ1) is 19.4. The summed E-state index contributed by atoms with van der Waals surface area (Å²) in [5, 5.41) is 12.4. The molecule has 0 saturated heterocycles. The van der Waals surface area contributed by atoms with Gasteiger partial charge in [0.25, 0.3) is 5.56 Å². The zero-order chi connectivity index (χ0) is 20.1. The molecule has 3 aromatic rings. The van der Waals surface area contributed by atoms with Crippen molar-refractivity contribution in [3.63, 3.8) is 0 Å². The maximum absolute atomic E-state index is 12.3. The van der Waals surface area contributed by atoms with Crippen LogP contribution in [0.25, 0.3) is 11.3 Å². The molecule has 0 aliphatic heterocycles. The monoisotopic (exact) mass is 390 g/mol. The fourth-order valence-electron chi connectivity index (χ4n) is 2.51. The van der Waals surface area contributed by atoms with Gasteiger partial charge in [-0.05, 0) is 26.0 Å². The van der Waals surface area contributed by atoms with Crippen molar-refractivity contribution in [3.8, 4) is 17.3 Å². The number of nitrogens with one attached hydrogen (secondary N) is 2. The van der Waals surface area contributed by atoms with Crippen LogP contribution in [0.15, 0.2) is 58.5 Å². The van der Waals surface area contributed by atoms with Crippen LogP contribution in [0.2, 0.25) is 0 Å². The Kier molecular flexibility index (Phi) is 5.92. The zero-order valence-corrected chi connectivity index (χ0v) is 16.3. The summed E-state index contributed by atoms with van der Waals surface area (Å²) < 4.78 is 0. The molecule has 1 aromatic heterocycles. The summed E-state index contributed by atoms with van der Waals surface area (Å²) in [4.78, 5) is 31.4. The Hall–Kier alpha value is -3.37. The summed E-state index contributed by atoms with van der Waals surface area (Å²) in [5.41, 5.74) is 3.31. The number of anilines is 1. The van der Waals surface area contributed by atoms with E-state index in [2.05, 4.69) is 15.3 Å². The third-order valence-corrected chi connectivity index (χ3v) is 4.88. The molecule has 2 N–H and O–H groups in total. The highest BCUT2D eigenvalue weighted by molar-refractivity contribution is 7.99. The number of hydrogen-bond acceptors (Lipinski definition) is 5. The second kappa shape index (κ2) is 8.55. The lowest BCUT2D eigenvalue weighted by Gasteiger charge is -2.08.